The molecule has 0 bridgehead atoms. The van der Waals surface area contributed by atoms with E-state index in [9.17, 15) is 8.42 Å². The third kappa shape index (κ3) is 3.33. The van der Waals surface area contributed by atoms with E-state index in [1.807, 2.05) is 6.92 Å². The standard InChI is InChI=1S/C12H16N4O2S2/c1-3-11-14-15-12(19-11)16-20(17,18)10-6-4-5-9(7-10)8(2)13/h4-8H,3,13H2,1-2H3,(H,15,16). The molecule has 0 aliphatic heterocycles. The first-order valence-electron chi connectivity index (χ1n) is 6.13. The Bertz CT molecular complexity index is 695. The topological polar surface area (TPSA) is 98.0 Å². The molecule has 1 atom stereocenters. The molecule has 1 unspecified atom stereocenters. The zero-order valence-electron chi connectivity index (χ0n) is 11.2. The predicted octanol–water partition coefficient (Wildman–Crippen LogP) is 1.92. The number of nitrogens with two attached hydrogens (primary N) is 1. The van der Waals surface area contributed by atoms with Gasteiger partial charge in [-0.3, -0.25) is 4.72 Å². The summed E-state index contributed by atoms with van der Waals surface area (Å²) in [7, 11) is -3.66. The molecule has 0 saturated carbocycles. The maximum atomic E-state index is 12.3. The zero-order valence-corrected chi connectivity index (χ0v) is 12.8. The summed E-state index contributed by atoms with van der Waals surface area (Å²) < 4.78 is 27.0. The molecular weight excluding hydrogens is 296 g/mol. The Morgan fingerprint density at radius 3 is 2.75 bits per heavy atom. The van der Waals surface area contributed by atoms with E-state index in [-0.39, 0.29) is 16.1 Å². The summed E-state index contributed by atoms with van der Waals surface area (Å²) in [5, 5.41) is 8.74. The Hall–Kier alpha value is -1.51. The largest absolute Gasteiger partial charge is 0.324 e. The van der Waals surface area contributed by atoms with Crippen molar-refractivity contribution in [1.82, 2.24) is 10.2 Å². The second-order valence-corrected chi connectivity index (χ2v) is 7.07. The molecule has 3 N–H and O–H groups in total. The number of nitrogens with one attached hydrogen (secondary N) is 1. The molecule has 0 spiro atoms. The van der Waals surface area contributed by atoms with Crippen LogP contribution in [0.15, 0.2) is 29.2 Å². The maximum Gasteiger partial charge on any atom is 0.263 e. The van der Waals surface area contributed by atoms with Gasteiger partial charge in [0.15, 0.2) is 0 Å². The van der Waals surface area contributed by atoms with Gasteiger partial charge < -0.3 is 5.73 Å². The molecule has 2 aromatic rings. The predicted molar refractivity (Wildman–Crippen MR) is 79.1 cm³/mol. The lowest BCUT2D eigenvalue weighted by Gasteiger charge is -2.09. The second-order valence-electron chi connectivity index (χ2n) is 4.32. The minimum Gasteiger partial charge on any atom is -0.324 e. The summed E-state index contributed by atoms with van der Waals surface area (Å²) >= 11 is 1.23. The maximum absolute atomic E-state index is 12.3. The van der Waals surface area contributed by atoms with Crippen LogP contribution in [0.3, 0.4) is 0 Å². The van der Waals surface area contributed by atoms with Gasteiger partial charge in [-0.2, -0.15) is 0 Å². The van der Waals surface area contributed by atoms with Gasteiger partial charge in [0.25, 0.3) is 10.0 Å². The number of anilines is 1. The van der Waals surface area contributed by atoms with Crippen molar-refractivity contribution in [3.05, 3.63) is 34.8 Å². The fourth-order valence-electron chi connectivity index (χ4n) is 1.58. The molecule has 0 aliphatic rings. The van der Waals surface area contributed by atoms with Crippen molar-refractivity contribution in [3.63, 3.8) is 0 Å². The van der Waals surface area contributed by atoms with Gasteiger partial charge in [-0.25, -0.2) is 8.42 Å². The molecule has 1 heterocycles. The van der Waals surface area contributed by atoms with Gasteiger partial charge in [0.1, 0.15) is 5.01 Å². The van der Waals surface area contributed by atoms with Crippen LogP contribution in [0.1, 0.15) is 30.5 Å². The van der Waals surface area contributed by atoms with Crippen LogP contribution >= 0.6 is 11.3 Å². The molecule has 0 radical (unpaired) electrons. The molecule has 0 saturated heterocycles. The lowest BCUT2D eigenvalue weighted by atomic mass is 10.1. The van der Waals surface area contributed by atoms with Crippen molar-refractivity contribution < 1.29 is 8.42 Å². The first-order valence-corrected chi connectivity index (χ1v) is 8.43. The first kappa shape index (κ1) is 14.9. The van der Waals surface area contributed by atoms with Crippen LogP contribution in [-0.4, -0.2) is 18.6 Å². The van der Waals surface area contributed by atoms with Crippen LogP contribution < -0.4 is 10.5 Å². The summed E-state index contributed by atoms with van der Waals surface area (Å²) in [6.45, 7) is 3.74. The van der Waals surface area contributed by atoms with Crippen LogP contribution in [0.4, 0.5) is 5.13 Å². The van der Waals surface area contributed by atoms with E-state index >= 15 is 0 Å². The minimum absolute atomic E-state index is 0.167. The molecule has 1 aromatic heterocycles. The number of aryl methyl sites for hydroxylation is 1. The molecule has 6 nitrogen and oxygen atoms in total. The lowest BCUT2D eigenvalue weighted by molar-refractivity contribution is 0.601. The first-order chi connectivity index (χ1) is 9.42. The van der Waals surface area contributed by atoms with E-state index in [4.69, 9.17) is 5.73 Å². The molecule has 1 aromatic carbocycles. The fraction of sp³-hybridized carbons (Fsp3) is 0.333. The van der Waals surface area contributed by atoms with Crippen LogP contribution in [0.2, 0.25) is 0 Å². The smallest absolute Gasteiger partial charge is 0.263 e. The van der Waals surface area contributed by atoms with Gasteiger partial charge in [-0.05, 0) is 31.0 Å². The molecule has 0 fully saturated rings. The Balaban J connectivity index is 2.28. The number of rotatable bonds is 5. The SMILES string of the molecule is CCc1nnc(NS(=O)(=O)c2cccc(C(C)N)c2)s1. The summed E-state index contributed by atoms with van der Waals surface area (Å²) in [6, 6.07) is 6.33. The molecule has 0 amide bonds. The van der Waals surface area contributed by atoms with E-state index in [0.717, 1.165) is 17.0 Å². The van der Waals surface area contributed by atoms with E-state index in [1.165, 1.54) is 17.4 Å². The monoisotopic (exact) mass is 312 g/mol. The van der Waals surface area contributed by atoms with Gasteiger partial charge in [0, 0.05) is 6.04 Å². The van der Waals surface area contributed by atoms with Crippen LogP contribution in [0.25, 0.3) is 0 Å². The van der Waals surface area contributed by atoms with Crippen molar-refractivity contribution in [3.8, 4) is 0 Å². The van der Waals surface area contributed by atoms with Crippen LogP contribution in [0, 0.1) is 0 Å². The minimum atomic E-state index is -3.66. The quantitative estimate of drug-likeness (QED) is 0.879. The lowest BCUT2D eigenvalue weighted by Crippen LogP contribution is -2.14. The van der Waals surface area contributed by atoms with Crippen molar-refractivity contribution in [2.75, 3.05) is 4.72 Å². The zero-order chi connectivity index (χ0) is 14.8. The van der Waals surface area contributed by atoms with E-state index in [0.29, 0.717) is 0 Å². The summed E-state index contributed by atoms with van der Waals surface area (Å²) in [5.74, 6) is 0. The average molecular weight is 312 g/mol. The number of hydrogen-bond acceptors (Lipinski definition) is 6. The normalized spacial score (nSPS) is 13.2. The number of sulfonamides is 1. The van der Waals surface area contributed by atoms with E-state index in [2.05, 4.69) is 14.9 Å². The Morgan fingerprint density at radius 1 is 1.40 bits per heavy atom. The van der Waals surface area contributed by atoms with Gasteiger partial charge >= 0.3 is 0 Å². The highest BCUT2D eigenvalue weighted by molar-refractivity contribution is 7.93. The van der Waals surface area contributed by atoms with Gasteiger partial charge in [-0.1, -0.05) is 30.4 Å². The summed E-state index contributed by atoms with van der Waals surface area (Å²) in [5.41, 5.74) is 6.53. The van der Waals surface area contributed by atoms with Gasteiger partial charge in [-0.15, -0.1) is 10.2 Å². The fourth-order valence-corrected chi connectivity index (χ4v) is 3.54. The third-order valence-corrected chi connectivity index (χ3v) is 5.13. The second kappa shape index (κ2) is 5.86. The van der Waals surface area contributed by atoms with Crippen LogP contribution in [0.5, 0.6) is 0 Å². The Morgan fingerprint density at radius 2 is 2.15 bits per heavy atom. The van der Waals surface area contributed by atoms with Gasteiger partial charge in [0.05, 0.1) is 4.90 Å². The molecular formula is C12H16N4O2S2. The average Bonchev–Trinajstić information content (AvgIpc) is 2.86. The van der Waals surface area contributed by atoms with Gasteiger partial charge in [0.2, 0.25) is 5.13 Å². The Kier molecular flexibility index (Phi) is 4.36. The highest BCUT2D eigenvalue weighted by atomic mass is 32.2. The Labute approximate surface area is 122 Å². The highest BCUT2D eigenvalue weighted by Crippen LogP contribution is 2.21. The molecule has 2 rings (SSSR count). The van der Waals surface area contributed by atoms with E-state index in [1.54, 1.807) is 25.1 Å². The third-order valence-electron chi connectivity index (χ3n) is 2.69. The van der Waals surface area contributed by atoms with Crippen molar-refractivity contribution in [1.29, 1.82) is 0 Å². The molecule has 8 heteroatoms. The number of hydrogen-bond donors (Lipinski definition) is 2. The summed E-state index contributed by atoms with van der Waals surface area (Å²) in [6.07, 6.45) is 0.722. The number of nitrogens with zero attached hydrogens (tertiary/aromatic N) is 2. The molecule has 108 valence electrons. The molecule has 20 heavy (non-hydrogen) atoms. The molecule has 0 aliphatic carbocycles. The van der Waals surface area contributed by atoms with Crippen LogP contribution in [-0.2, 0) is 16.4 Å². The van der Waals surface area contributed by atoms with Crippen molar-refractivity contribution >= 4 is 26.5 Å². The summed E-state index contributed by atoms with van der Waals surface area (Å²) in [4.78, 5) is 0.167. The van der Waals surface area contributed by atoms with Crippen molar-refractivity contribution in [2.24, 2.45) is 5.73 Å². The number of aromatic nitrogens is 2. The highest BCUT2D eigenvalue weighted by Gasteiger charge is 2.17. The van der Waals surface area contributed by atoms with E-state index < -0.39 is 10.0 Å². The number of benzene rings is 1. The van der Waals surface area contributed by atoms with Crippen molar-refractivity contribution in [2.45, 2.75) is 31.2 Å².